The number of carbonyl (C=O) groups is 6. The van der Waals surface area contributed by atoms with Crippen molar-refractivity contribution in [1.82, 2.24) is 36.1 Å². The fourth-order valence-corrected chi connectivity index (χ4v) is 7.24. The molecule has 0 spiro atoms. The number of aliphatic hydroxyl groups excluding tert-OH is 1. The van der Waals surface area contributed by atoms with Crippen LogP contribution in [0.4, 0.5) is 8.78 Å². The highest BCUT2D eigenvalue weighted by Crippen LogP contribution is 2.41. The molecule has 5 atom stereocenters. The maximum atomic E-state index is 15.1. The highest BCUT2D eigenvalue weighted by molar-refractivity contribution is 5.95. The highest BCUT2D eigenvalue weighted by Gasteiger charge is 2.38. The van der Waals surface area contributed by atoms with Crippen molar-refractivity contribution in [2.75, 3.05) is 26.7 Å². The Hall–Kier alpha value is -5.68. The predicted octanol–water partition coefficient (Wildman–Crippen LogP) is 3.89. The van der Waals surface area contributed by atoms with E-state index in [-0.39, 0.29) is 25.1 Å². The fourth-order valence-electron chi connectivity index (χ4n) is 7.24. The number of nitrogens with one attached hydrogen (secondary N) is 5. The fraction of sp³-hybridized carbons (Fsp3) is 0.511. The lowest BCUT2D eigenvalue weighted by atomic mass is 9.82. The summed E-state index contributed by atoms with van der Waals surface area (Å²) in [5.74, 6) is -6.46. The summed E-state index contributed by atoms with van der Waals surface area (Å²) >= 11 is 0. The van der Waals surface area contributed by atoms with Crippen molar-refractivity contribution in [1.29, 1.82) is 0 Å². The number of hydrogen-bond donors (Lipinski definition) is 7. The van der Waals surface area contributed by atoms with Gasteiger partial charge in [0.05, 0.1) is 6.04 Å². The maximum absolute atomic E-state index is 15.1. The van der Waals surface area contributed by atoms with Gasteiger partial charge in [-0.1, -0.05) is 65.0 Å². The first-order valence-corrected chi connectivity index (χ1v) is 20.8. The minimum Gasteiger partial charge on any atom is -0.480 e. The van der Waals surface area contributed by atoms with E-state index in [9.17, 15) is 43.4 Å². The predicted molar refractivity (Wildman–Crippen MR) is 230 cm³/mol. The molecule has 3 rings (SSSR count). The number of benzene rings is 2. The van der Waals surface area contributed by atoms with Crippen LogP contribution in [0, 0.1) is 23.0 Å². The van der Waals surface area contributed by atoms with Gasteiger partial charge in [0.1, 0.15) is 42.4 Å². The van der Waals surface area contributed by atoms with Crippen molar-refractivity contribution < 1.29 is 47.8 Å². The Balaban J connectivity index is 1.87. The third-order valence-electron chi connectivity index (χ3n) is 10.4. The maximum Gasteiger partial charge on any atom is 0.326 e. The van der Waals surface area contributed by atoms with Crippen LogP contribution in [0.25, 0.3) is 11.1 Å². The molecule has 62 heavy (non-hydrogen) atoms. The molecule has 15 nitrogen and oxygen atoms in total. The van der Waals surface area contributed by atoms with E-state index in [1.165, 1.54) is 18.7 Å². The van der Waals surface area contributed by atoms with Crippen LogP contribution in [0.1, 0.15) is 91.4 Å². The van der Waals surface area contributed by atoms with Crippen molar-refractivity contribution in [3.8, 4) is 11.1 Å². The lowest BCUT2D eigenvalue weighted by Gasteiger charge is -2.41. The molecule has 0 aliphatic rings. The van der Waals surface area contributed by atoms with Gasteiger partial charge in [0.15, 0.2) is 0 Å². The number of carbonyl (C=O) groups excluding carboxylic acids is 5. The Labute approximate surface area is 362 Å². The van der Waals surface area contributed by atoms with Crippen LogP contribution >= 0.6 is 0 Å². The standard InChI is InChI=1S/C45H63F2N7O8/c1-27(2)39(52-42(59)35(50-29(4)56)16-12-13-20-48-8)43(60)49-28(3)41(58)51-36(44(61)62)19-21-54(38(57)26-55)40(45(5,6)7)37-22-31(33-23-32(46)17-18-34(33)47)25-53(37)24-30-14-10-9-11-15-30/h9-11,14-15,17-18,22-23,25,27-28,35-36,39-40,48,55H,12-13,16,19-21,24,26H2,1-8H3,(H,49,60)(H,50,56)(H,51,58)(H,52,59)(H,61,62)/t28-,35-,36-,39-,40-/m0/s1. The zero-order valence-corrected chi connectivity index (χ0v) is 36.9. The van der Waals surface area contributed by atoms with Crippen molar-refractivity contribution in [3.63, 3.8) is 0 Å². The van der Waals surface area contributed by atoms with E-state index in [4.69, 9.17) is 0 Å². The smallest absolute Gasteiger partial charge is 0.326 e. The van der Waals surface area contributed by atoms with Gasteiger partial charge in [0.2, 0.25) is 29.5 Å². The van der Waals surface area contributed by atoms with Gasteiger partial charge in [0, 0.05) is 43.0 Å². The van der Waals surface area contributed by atoms with Crippen molar-refractivity contribution in [2.45, 2.75) is 111 Å². The summed E-state index contributed by atoms with van der Waals surface area (Å²) in [5.41, 5.74) is 0.904. The Morgan fingerprint density at radius 1 is 0.823 bits per heavy atom. The number of unbranched alkanes of at least 4 members (excludes halogenated alkanes) is 1. The van der Waals surface area contributed by atoms with Crippen molar-refractivity contribution in [3.05, 3.63) is 83.7 Å². The van der Waals surface area contributed by atoms with Crippen LogP contribution in [-0.2, 0) is 35.3 Å². The second-order valence-corrected chi connectivity index (χ2v) is 16.9. The number of hydrogen-bond acceptors (Lipinski definition) is 8. The molecule has 0 saturated carbocycles. The van der Waals surface area contributed by atoms with Gasteiger partial charge in [-0.2, -0.15) is 0 Å². The first-order valence-electron chi connectivity index (χ1n) is 20.8. The molecule has 340 valence electrons. The first kappa shape index (κ1) is 50.7. The second kappa shape index (κ2) is 23.5. The van der Waals surface area contributed by atoms with Crippen LogP contribution in [0.3, 0.4) is 0 Å². The first-order chi connectivity index (χ1) is 29.2. The SMILES string of the molecule is CNCCCC[C@H](NC(C)=O)C(=O)N[C@H](C(=O)N[C@@H](C)C(=O)N[C@@H](CCN(C(=O)CO)[C@@H](c1cc(-c2cc(F)ccc2F)cn1Cc1ccccc1)C(C)(C)C)C(=O)O)C(C)C. The van der Waals surface area contributed by atoms with Gasteiger partial charge >= 0.3 is 5.97 Å². The number of halogens is 2. The van der Waals surface area contributed by atoms with Gasteiger partial charge in [-0.3, -0.25) is 24.0 Å². The summed E-state index contributed by atoms with van der Waals surface area (Å²) in [5, 5.41) is 33.8. The molecule has 0 aliphatic heterocycles. The molecule has 2 aromatic carbocycles. The topological polar surface area (TPSA) is 211 Å². The van der Waals surface area contributed by atoms with E-state index in [0.717, 1.165) is 36.7 Å². The van der Waals surface area contributed by atoms with Gasteiger partial charge in [-0.25, -0.2) is 13.6 Å². The molecule has 0 aliphatic carbocycles. The Kier molecular flexibility index (Phi) is 19.2. The van der Waals surface area contributed by atoms with Crippen LogP contribution < -0.4 is 26.6 Å². The molecule has 0 radical (unpaired) electrons. The number of carboxylic acids is 1. The van der Waals surface area contributed by atoms with Gasteiger partial charge in [0.25, 0.3) is 0 Å². The van der Waals surface area contributed by atoms with E-state index in [1.807, 2.05) is 55.7 Å². The van der Waals surface area contributed by atoms with Crippen LogP contribution in [0.5, 0.6) is 0 Å². The van der Waals surface area contributed by atoms with E-state index < -0.39 is 95.3 Å². The molecular weight excluding hydrogens is 805 g/mol. The van der Waals surface area contributed by atoms with Crippen LogP contribution in [0.2, 0.25) is 0 Å². The number of aliphatic hydroxyl groups is 1. The summed E-state index contributed by atoms with van der Waals surface area (Å²) in [6, 6.07) is 8.38. The molecule has 1 aromatic heterocycles. The molecular formula is C45H63F2N7O8. The number of aromatic nitrogens is 1. The monoisotopic (exact) mass is 867 g/mol. The molecule has 0 bridgehead atoms. The third kappa shape index (κ3) is 14.8. The molecule has 0 fully saturated rings. The number of rotatable bonds is 23. The van der Waals surface area contributed by atoms with Gasteiger partial charge in [-0.15, -0.1) is 0 Å². The van der Waals surface area contributed by atoms with E-state index in [2.05, 4.69) is 26.6 Å². The van der Waals surface area contributed by atoms with E-state index in [0.29, 0.717) is 24.1 Å². The van der Waals surface area contributed by atoms with Crippen molar-refractivity contribution >= 4 is 35.5 Å². The Bertz CT molecular complexity index is 2000. The Morgan fingerprint density at radius 2 is 1.50 bits per heavy atom. The zero-order chi connectivity index (χ0) is 46.3. The summed E-state index contributed by atoms with van der Waals surface area (Å²) in [7, 11) is 1.80. The van der Waals surface area contributed by atoms with Gasteiger partial charge < -0.3 is 46.3 Å². The van der Waals surface area contributed by atoms with Crippen LogP contribution in [0.15, 0.2) is 60.8 Å². The van der Waals surface area contributed by atoms with Crippen LogP contribution in [-0.4, -0.2) is 106 Å². The lowest BCUT2D eigenvalue weighted by Crippen LogP contribution is -2.58. The van der Waals surface area contributed by atoms with E-state index >= 15 is 4.39 Å². The minimum absolute atomic E-state index is 0.00679. The average molecular weight is 868 g/mol. The number of amides is 5. The number of carboxylic acid groups (broad SMARTS) is 1. The summed E-state index contributed by atoms with van der Waals surface area (Å²) in [4.78, 5) is 79.6. The molecule has 0 saturated heterocycles. The molecule has 7 N–H and O–H groups in total. The summed E-state index contributed by atoms with van der Waals surface area (Å²) < 4.78 is 31.4. The largest absolute Gasteiger partial charge is 0.480 e. The molecule has 3 aromatic rings. The molecule has 5 amide bonds. The third-order valence-corrected chi connectivity index (χ3v) is 10.4. The summed E-state index contributed by atoms with van der Waals surface area (Å²) in [6.07, 6.45) is 3.05. The normalized spacial score (nSPS) is 13.9. The number of aliphatic carboxylic acids is 1. The van der Waals surface area contributed by atoms with E-state index in [1.54, 1.807) is 33.2 Å². The second-order valence-electron chi connectivity index (χ2n) is 16.9. The molecule has 0 unspecified atom stereocenters. The minimum atomic E-state index is -1.56. The quantitative estimate of drug-likeness (QED) is 0.0689. The zero-order valence-electron chi connectivity index (χ0n) is 36.9. The molecule has 1 heterocycles. The molecule has 17 heteroatoms. The van der Waals surface area contributed by atoms with Gasteiger partial charge in [-0.05, 0) is 87.4 Å². The summed E-state index contributed by atoms with van der Waals surface area (Å²) in [6.45, 7) is 11.3. The number of nitrogens with zero attached hydrogens (tertiary/aromatic N) is 2. The van der Waals surface area contributed by atoms with Crippen molar-refractivity contribution in [2.24, 2.45) is 11.3 Å². The average Bonchev–Trinajstić information content (AvgIpc) is 3.60. The highest BCUT2D eigenvalue weighted by atomic mass is 19.1. The lowest BCUT2D eigenvalue weighted by molar-refractivity contribution is -0.144. The Morgan fingerprint density at radius 3 is 2.08 bits per heavy atom.